The van der Waals surface area contributed by atoms with E-state index in [1.54, 1.807) is 30.3 Å². The smallest absolute Gasteiger partial charge is 0.255 e. The maximum atomic E-state index is 5.98. The van der Waals surface area contributed by atoms with Gasteiger partial charge < -0.3 is 9.47 Å². The average molecular weight is 323 g/mol. The molecule has 0 aliphatic carbocycles. The van der Waals surface area contributed by atoms with Gasteiger partial charge in [-0.2, -0.15) is 14.6 Å². The van der Waals surface area contributed by atoms with Gasteiger partial charge in [0, 0.05) is 19.2 Å². The molecular formula is C15H13N7O2. The quantitative estimate of drug-likeness (QED) is 0.551. The van der Waals surface area contributed by atoms with Crippen LogP contribution < -0.4 is 4.74 Å². The van der Waals surface area contributed by atoms with E-state index < -0.39 is 0 Å². The first kappa shape index (κ1) is 14.3. The van der Waals surface area contributed by atoms with E-state index in [0.29, 0.717) is 29.7 Å². The topological polar surface area (TPSA) is 92.2 Å². The summed E-state index contributed by atoms with van der Waals surface area (Å²) >= 11 is 0. The third kappa shape index (κ3) is 2.68. The van der Waals surface area contributed by atoms with Gasteiger partial charge in [0.05, 0.1) is 30.4 Å². The molecule has 0 bridgehead atoms. The van der Waals surface area contributed by atoms with Gasteiger partial charge >= 0.3 is 0 Å². The summed E-state index contributed by atoms with van der Waals surface area (Å²) in [6.07, 6.45) is 4.81. The number of hydrogen-bond acceptors (Lipinski definition) is 7. The van der Waals surface area contributed by atoms with Crippen LogP contribution in [0.5, 0.6) is 11.6 Å². The zero-order valence-corrected chi connectivity index (χ0v) is 12.8. The first-order valence-corrected chi connectivity index (χ1v) is 7.17. The van der Waals surface area contributed by atoms with E-state index in [4.69, 9.17) is 9.47 Å². The van der Waals surface area contributed by atoms with Gasteiger partial charge in [-0.25, -0.2) is 9.67 Å². The second kappa shape index (κ2) is 6.05. The summed E-state index contributed by atoms with van der Waals surface area (Å²) in [5, 5.41) is 11.9. The van der Waals surface area contributed by atoms with E-state index in [2.05, 4.69) is 25.4 Å². The highest BCUT2D eigenvalue weighted by Crippen LogP contribution is 2.24. The molecule has 0 saturated heterocycles. The standard InChI is InChI=1S/C15H13N7O2/c1-23-9-11-7-14(22-15(19-11)16-10-18-22)24-13-4-2-3-12(8-13)21-6-5-17-20-21/h2-8,10H,9H2,1H3. The van der Waals surface area contributed by atoms with Gasteiger partial charge in [-0.05, 0) is 12.1 Å². The molecule has 0 atom stereocenters. The molecule has 0 saturated carbocycles. The van der Waals surface area contributed by atoms with Crippen LogP contribution in [0, 0.1) is 0 Å². The van der Waals surface area contributed by atoms with Crippen molar-refractivity contribution in [2.24, 2.45) is 0 Å². The zero-order valence-electron chi connectivity index (χ0n) is 12.8. The molecule has 3 aromatic heterocycles. The first-order valence-electron chi connectivity index (χ1n) is 7.17. The van der Waals surface area contributed by atoms with Gasteiger partial charge in [0.25, 0.3) is 5.78 Å². The normalized spacial score (nSPS) is 11.0. The van der Waals surface area contributed by atoms with Crippen molar-refractivity contribution in [1.29, 1.82) is 0 Å². The van der Waals surface area contributed by atoms with Crippen LogP contribution in [0.4, 0.5) is 0 Å². The fraction of sp³-hybridized carbons (Fsp3) is 0.133. The molecule has 0 N–H and O–H groups in total. The van der Waals surface area contributed by atoms with Gasteiger partial charge in [-0.1, -0.05) is 11.3 Å². The van der Waals surface area contributed by atoms with Crippen LogP contribution in [0.2, 0.25) is 0 Å². The zero-order chi connectivity index (χ0) is 16.4. The Hall–Kier alpha value is -3.33. The molecule has 4 rings (SSSR count). The number of rotatable bonds is 5. The number of benzene rings is 1. The predicted molar refractivity (Wildman–Crippen MR) is 82.9 cm³/mol. The fourth-order valence-electron chi connectivity index (χ4n) is 2.28. The van der Waals surface area contributed by atoms with Crippen molar-refractivity contribution in [2.45, 2.75) is 6.61 Å². The van der Waals surface area contributed by atoms with E-state index in [1.807, 2.05) is 24.3 Å². The summed E-state index contributed by atoms with van der Waals surface area (Å²) in [5.74, 6) is 1.58. The van der Waals surface area contributed by atoms with Crippen LogP contribution in [-0.4, -0.2) is 41.7 Å². The molecule has 0 aliphatic rings. The monoisotopic (exact) mass is 323 g/mol. The van der Waals surface area contributed by atoms with E-state index >= 15 is 0 Å². The highest BCUT2D eigenvalue weighted by Gasteiger charge is 2.10. The molecule has 4 aromatic rings. The van der Waals surface area contributed by atoms with E-state index in [9.17, 15) is 0 Å². The van der Waals surface area contributed by atoms with Gasteiger partial charge in [0.2, 0.25) is 5.88 Å². The second-order valence-electron chi connectivity index (χ2n) is 4.94. The van der Waals surface area contributed by atoms with Crippen molar-refractivity contribution in [3.8, 4) is 17.3 Å². The minimum atomic E-state index is 0.360. The Kier molecular flexibility index (Phi) is 3.60. The minimum absolute atomic E-state index is 0.360. The molecule has 1 aromatic carbocycles. The molecule has 0 fully saturated rings. The van der Waals surface area contributed by atoms with Crippen molar-refractivity contribution < 1.29 is 9.47 Å². The van der Waals surface area contributed by atoms with Crippen molar-refractivity contribution in [1.82, 2.24) is 34.6 Å². The number of hydrogen-bond donors (Lipinski definition) is 0. The van der Waals surface area contributed by atoms with Crippen LogP contribution >= 0.6 is 0 Å². The fourth-order valence-corrected chi connectivity index (χ4v) is 2.28. The van der Waals surface area contributed by atoms with Crippen molar-refractivity contribution >= 4 is 5.78 Å². The van der Waals surface area contributed by atoms with Crippen molar-refractivity contribution in [3.05, 3.63) is 54.7 Å². The summed E-state index contributed by atoms with van der Waals surface area (Å²) in [6, 6.07) is 9.26. The average Bonchev–Trinajstić information content (AvgIpc) is 3.27. The number of nitrogens with zero attached hydrogens (tertiary/aromatic N) is 7. The molecule has 0 amide bonds. The largest absolute Gasteiger partial charge is 0.439 e. The lowest BCUT2D eigenvalue weighted by atomic mass is 10.3. The third-order valence-electron chi connectivity index (χ3n) is 3.29. The third-order valence-corrected chi connectivity index (χ3v) is 3.29. The van der Waals surface area contributed by atoms with Crippen molar-refractivity contribution in [2.75, 3.05) is 7.11 Å². The summed E-state index contributed by atoms with van der Waals surface area (Å²) < 4.78 is 14.3. The van der Waals surface area contributed by atoms with Gasteiger partial charge in [0.15, 0.2) is 0 Å². The Bertz CT molecular complexity index is 965. The molecule has 0 unspecified atom stereocenters. The first-order chi connectivity index (χ1) is 11.8. The molecule has 9 heteroatoms. The van der Waals surface area contributed by atoms with Gasteiger partial charge in [-0.3, -0.25) is 0 Å². The second-order valence-corrected chi connectivity index (χ2v) is 4.94. The molecule has 9 nitrogen and oxygen atoms in total. The summed E-state index contributed by atoms with van der Waals surface area (Å²) in [5.41, 5.74) is 1.55. The lowest BCUT2D eigenvalue weighted by molar-refractivity contribution is 0.181. The minimum Gasteiger partial charge on any atom is -0.439 e. The lowest BCUT2D eigenvalue weighted by Gasteiger charge is -2.10. The Morgan fingerprint density at radius 2 is 2.17 bits per heavy atom. The van der Waals surface area contributed by atoms with E-state index in [-0.39, 0.29) is 0 Å². The molecule has 0 aliphatic heterocycles. The Morgan fingerprint density at radius 1 is 1.21 bits per heavy atom. The molecule has 120 valence electrons. The summed E-state index contributed by atoms with van der Waals surface area (Å²) in [6.45, 7) is 0.360. The molecule has 24 heavy (non-hydrogen) atoms. The Morgan fingerprint density at radius 3 is 3.00 bits per heavy atom. The Balaban J connectivity index is 1.71. The number of aromatic nitrogens is 7. The highest BCUT2D eigenvalue weighted by atomic mass is 16.5. The van der Waals surface area contributed by atoms with Crippen LogP contribution in [0.1, 0.15) is 5.69 Å². The highest BCUT2D eigenvalue weighted by molar-refractivity contribution is 5.41. The van der Waals surface area contributed by atoms with Gasteiger partial charge in [0.1, 0.15) is 12.1 Å². The lowest BCUT2D eigenvalue weighted by Crippen LogP contribution is -2.02. The molecular weight excluding hydrogens is 310 g/mol. The SMILES string of the molecule is COCc1cc(Oc2cccc(-n3ccnn3)c2)n2ncnc2n1. The number of ether oxygens (including phenoxy) is 2. The number of fused-ring (bicyclic) bond motifs is 1. The molecule has 0 radical (unpaired) electrons. The maximum absolute atomic E-state index is 5.98. The predicted octanol–water partition coefficient (Wildman–Crippen LogP) is 1.64. The van der Waals surface area contributed by atoms with Crippen LogP contribution in [0.25, 0.3) is 11.5 Å². The van der Waals surface area contributed by atoms with Crippen LogP contribution in [0.3, 0.4) is 0 Å². The van der Waals surface area contributed by atoms with Crippen LogP contribution in [-0.2, 0) is 11.3 Å². The van der Waals surface area contributed by atoms with Gasteiger partial charge in [-0.15, -0.1) is 5.10 Å². The van der Waals surface area contributed by atoms with Crippen molar-refractivity contribution in [3.63, 3.8) is 0 Å². The maximum Gasteiger partial charge on any atom is 0.255 e. The van der Waals surface area contributed by atoms with E-state index in [1.165, 1.54) is 10.8 Å². The summed E-state index contributed by atoms with van der Waals surface area (Å²) in [4.78, 5) is 8.45. The molecule has 0 spiro atoms. The van der Waals surface area contributed by atoms with Crippen LogP contribution in [0.15, 0.2) is 49.1 Å². The Labute approximate surface area is 136 Å². The summed E-state index contributed by atoms with van der Waals surface area (Å²) in [7, 11) is 1.61. The van der Waals surface area contributed by atoms with E-state index in [0.717, 1.165) is 5.69 Å². The molecule has 3 heterocycles. The number of methoxy groups -OCH3 is 1.